The Balaban J connectivity index is 2.21. The summed E-state index contributed by atoms with van der Waals surface area (Å²) in [6.07, 6.45) is 2.44. The van der Waals surface area contributed by atoms with Crippen LogP contribution in [0.4, 0.5) is 0 Å². The highest BCUT2D eigenvalue weighted by Crippen LogP contribution is 2.23. The van der Waals surface area contributed by atoms with E-state index in [1.165, 1.54) is 5.56 Å². The van der Waals surface area contributed by atoms with Crippen molar-refractivity contribution >= 4 is 0 Å². The molecule has 90 valence electrons. The first-order valence-corrected chi connectivity index (χ1v) is 5.96. The lowest BCUT2D eigenvalue weighted by molar-refractivity contribution is 0.508. The minimum Gasteiger partial charge on any atom is -0.441 e. The quantitative estimate of drug-likeness (QED) is 0.878. The average Bonchev–Trinajstić information content (AvgIpc) is 2.78. The number of oxazole rings is 1. The van der Waals surface area contributed by atoms with E-state index in [4.69, 9.17) is 10.2 Å². The van der Waals surface area contributed by atoms with Crippen molar-refractivity contribution in [3.05, 3.63) is 41.9 Å². The van der Waals surface area contributed by atoms with E-state index in [-0.39, 0.29) is 0 Å². The van der Waals surface area contributed by atoms with Crippen LogP contribution < -0.4 is 5.73 Å². The summed E-state index contributed by atoms with van der Waals surface area (Å²) >= 11 is 0. The zero-order valence-corrected chi connectivity index (χ0v) is 10.3. The van der Waals surface area contributed by atoms with Crippen molar-refractivity contribution < 1.29 is 4.42 Å². The van der Waals surface area contributed by atoms with Crippen LogP contribution >= 0.6 is 0 Å². The van der Waals surface area contributed by atoms with Crippen LogP contribution in [0, 0.1) is 0 Å². The SMILES string of the molecule is CC(C)c1ccc(-c2cnc(CCN)o2)cc1. The number of hydrogen-bond acceptors (Lipinski definition) is 3. The summed E-state index contributed by atoms with van der Waals surface area (Å²) in [4.78, 5) is 4.19. The maximum atomic E-state index is 5.62. The molecule has 0 aliphatic carbocycles. The van der Waals surface area contributed by atoms with Gasteiger partial charge in [-0.2, -0.15) is 0 Å². The lowest BCUT2D eigenvalue weighted by Crippen LogP contribution is -2.02. The molecule has 1 aromatic carbocycles. The number of benzene rings is 1. The number of nitrogens with zero attached hydrogens (tertiary/aromatic N) is 1. The molecule has 0 aliphatic rings. The molecule has 3 nitrogen and oxygen atoms in total. The van der Waals surface area contributed by atoms with Gasteiger partial charge in [-0.15, -0.1) is 0 Å². The molecular weight excluding hydrogens is 212 g/mol. The molecule has 1 heterocycles. The number of rotatable bonds is 4. The first-order chi connectivity index (χ1) is 8.20. The lowest BCUT2D eigenvalue weighted by atomic mass is 10.0. The molecular formula is C14H18N2O. The second-order valence-electron chi connectivity index (χ2n) is 4.43. The van der Waals surface area contributed by atoms with Gasteiger partial charge in [-0.25, -0.2) is 4.98 Å². The molecule has 2 rings (SSSR count). The third-order valence-electron chi connectivity index (χ3n) is 2.77. The Morgan fingerprint density at radius 1 is 1.24 bits per heavy atom. The van der Waals surface area contributed by atoms with Crippen LogP contribution in [0.3, 0.4) is 0 Å². The fraction of sp³-hybridized carbons (Fsp3) is 0.357. The normalized spacial score (nSPS) is 11.1. The molecule has 2 aromatic rings. The molecule has 0 aliphatic heterocycles. The Morgan fingerprint density at radius 3 is 2.53 bits per heavy atom. The third kappa shape index (κ3) is 2.74. The molecule has 1 aromatic heterocycles. The van der Waals surface area contributed by atoms with Crippen molar-refractivity contribution in [1.82, 2.24) is 4.98 Å². The van der Waals surface area contributed by atoms with E-state index in [0.29, 0.717) is 24.8 Å². The summed E-state index contributed by atoms with van der Waals surface area (Å²) in [6, 6.07) is 8.40. The summed E-state index contributed by atoms with van der Waals surface area (Å²) in [5.74, 6) is 2.06. The maximum absolute atomic E-state index is 5.62. The van der Waals surface area contributed by atoms with Crippen LogP contribution in [0.25, 0.3) is 11.3 Å². The van der Waals surface area contributed by atoms with Gasteiger partial charge in [-0.3, -0.25) is 0 Å². The highest BCUT2D eigenvalue weighted by Gasteiger charge is 2.06. The third-order valence-corrected chi connectivity index (χ3v) is 2.77. The Labute approximate surface area is 102 Å². The molecule has 0 atom stereocenters. The molecule has 0 radical (unpaired) electrons. The fourth-order valence-electron chi connectivity index (χ4n) is 1.72. The van der Waals surface area contributed by atoms with E-state index in [9.17, 15) is 0 Å². The van der Waals surface area contributed by atoms with E-state index in [0.717, 1.165) is 11.3 Å². The van der Waals surface area contributed by atoms with Crippen molar-refractivity contribution in [2.45, 2.75) is 26.2 Å². The molecule has 0 amide bonds. The summed E-state index contributed by atoms with van der Waals surface area (Å²) < 4.78 is 5.62. The average molecular weight is 230 g/mol. The van der Waals surface area contributed by atoms with Crippen molar-refractivity contribution in [3.8, 4) is 11.3 Å². The molecule has 17 heavy (non-hydrogen) atoms. The van der Waals surface area contributed by atoms with Crippen LogP contribution in [0.2, 0.25) is 0 Å². The van der Waals surface area contributed by atoms with Gasteiger partial charge >= 0.3 is 0 Å². The second kappa shape index (κ2) is 5.15. The van der Waals surface area contributed by atoms with Gasteiger partial charge < -0.3 is 10.2 Å². The molecule has 2 N–H and O–H groups in total. The van der Waals surface area contributed by atoms with Gasteiger partial charge in [0, 0.05) is 18.5 Å². The molecule has 0 spiro atoms. The van der Waals surface area contributed by atoms with E-state index < -0.39 is 0 Å². The highest BCUT2D eigenvalue weighted by molar-refractivity contribution is 5.56. The molecule has 0 unspecified atom stereocenters. The minimum atomic E-state index is 0.548. The highest BCUT2D eigenvalue weighted by atomic mass is 16.4. The maximum Gasteiger partial charge on any atom is 0.196 e. The van der Waals surface area contributed by atoms with Gasteiger partial charge in [0.25, 0.3) is 0 Å². The van der Waals surface area contributed by atoms with Crippen LogP contribution in [0.1, 0.15) is 31.2 Å². The van der Waals surface area contributed by atoms with Gasteiger partial charge in [0.2, 0.25) is 0 Å². The van der Waals surface area contributed by atoms with Crippen molar-refractivity contribution in [2.75, 3.05) is 6.54 Å². The Bertz CT molecular complexity index is 471. The number of hydrogen-bond donors (Lipinski definition) is 1. The van der Waals surface area contributed by atoms with Crippen LogP contribution in [-0.2, 0) is 6.42 Å². The predicted octanol–water partition coefficient (Wildman–Crippen LogP) is 2.97. The largest absolute Gasteiger partial charge is 0.441 e. The van der Waals surface area contributed by atoms with Crippen molar-refractivity contribution in [2.24, 2.45) is 5.73 Å². The smallest absolute Gasteiger partial charge is 0.196 e. The summed E-state index contributed by atoms with van der Waals surface area (Å²) in [5, 5.41) is 0. The number of aromatic nitrogens is 1. The molecule has 0 fully saturated rings. The van der Waals surface area contributed by atoms with E-state index in [2.05, 4.69) is 43.1 Å². The fourth-order valence-corrected chi connectivity index (χ4v) is 1.72. The first-order valence-electron chi connectivity index (χ1n) is 5.96. The summed E-state index contributed by atoms with van der Waals surface area (Å²) in [5.41, 5.74) is 7.85. The van der Waals surface area contributed by atoms with Gasteiger partial charge in [0.1, 0.15) is 0 Å². The van der Waals surface area contributed by atoms with Crippen molar-refractivity contribution in [1.29, 1.82) is 0 Å². The zero-order chi connectivity index (χ0) is 12.3. The Morgan fingerprint density at radius 2 is 1.94 bits per heavy atom. The van der Waals surface area contributed by atoms with Crippen LogP contribution in [0.5, 0.6) is 0 Å². The number of nitrogens with two attached hydrogens (primary N) is 1. The Kier molecular flexibility index (Phi) is 3.59. The topological polar surface area (TPSA) is 52.0 Å². The monoisotopic (exact) mass is 230 g/mol. The molecule has 0 saturated carbocycles. The molecule has 3 heteroatoms. The molecule has 0 bridgehead atoms. The predicted molar refractivity (Wildman–Crippen MR) is 68.8 cm³/mol. The van der Waals surface area contributed by atoms with Gasteiger partial charge in [-0.1, -0.05) is 38.1 Å². The second-order valence-corrected chi connectivity index (χ2v) is 4.43. The first kappa shape index (κ1) is 11.9. The minimum absolute atomic E-state index is 0.548. The lowest BCUT2D eigenvalue weighted by Gasteiger charge is -2.05. The standard InChI is InChI=1S/C14H18N2O/c1-10(2)11-3-5-12(6-4-11)13-9-16-14(17-13)7-8-15/h3-6,9-10H,7-8,15H2,1-2H3. The molecule has 0 saturated heterocycles. The van der Waals surface area contributed by atoms with Gasteiger partial charge in [0.05, 0.1) is 6.20 Å². The van der Waals surface area contributed by atoms with Crippen molar-refractivity contribution in [3.63, 3.8) is 0 Å². The summed E-state index contributed by atoms with van der Waals surface area (Å²) in [7, 11) is 0. The van der Waals surface area contributed by atoms with Crippen LogP contribution in [0.15, 0.2) is 34.9 Å². The Hall–Kier alpha value is -1.61. The van der Waals surface area contributed by atoms with E-state index in [1.807, 2.05) is 0 Å². The van der Waals surface area contributed by atoms with Crippen LogP contribution in [-0.4, -0.2) is 11.5 Å². The zero-order valence-electron chi connectivity index (χ0n) is 10.3. The summed E-state index contributed by atoms with van der Waals surface area (Å²) in [6.45, 7) is 4.93. The van der Waals surface area contributed by atoms with E-state index >= 15 is 0 Å². The van der Waals surface area contributed by atoms with Gasteiger partial charge in [0.15, 0.2) is 11.7 Å². The van der Waals surface area contributed by atoms with E-state index in [1.54, 1.807) is 6.20 Å². The van der Waals surface area contributed by atoms with Gasteiger partial charge in [-0.05, 0) is 11.5 Å².